The number of nitrogens with zero attached hydrogens (tertiary/aromatic N) is 3. The summed E-state index contributed by atoms with van der Waals surface area (Å²) in [4.78, 5) is 19.2. The topological polar surface area (TPSA) is 80.5 Å². The summed E-state index contributed by atoms with van der Waals surface area (Å²) in [6.45, 7) is 1.46. The van der Waals surface area contributed by atoms with Crippen molar-refractivity contribution >= 4 is 11.9 Å². The van der Waals surface area contributed by atoms with E-state index < -0.39 is 0 Å². The highest BCUT2D eigenvalue weighted by molar-refractivity contribution is 5.79. The van der Waals surface area contributed by atoms with Gasteiger partial charge in [0.05, 0.1) is 13.0 Å². The SMILES string of the molecule is COc1ccc(-c2noc(N3CCCC(C(=O)NC4CCCC4)C3)n2)cc1. The highest BCUT2D eigenvalue weighted by Crippen LogP contribution is 2.26. The van der Waals surface area contributed by atoms with E-state index in [0.29, 0.717) is 24.4 Å². The number of carbonyl (C=O) groups is 1. The Labute approximate surface area is 159 Å². The van der Waals surface area contributed by atoms with Crippen LogP contribution < -0.4 is 15.0 Å². The third-order valence-corrected chi connectivity index (χ3v) is 5.53. The molecule has 1 unspecified atom stereocenters. The molecule has 1 N–H and O–H groups in total. The molecule has 7 heteroatoms. The van der Waals surface area contributed by atoms with Crippen molar-refractivity contribution < 1.29 is 14.1 Å². The van der Waals surface area contributed by atoms with Crippen molar-refractivity contribution in [2.75, 3.05) is 25.1 Å². The molecule has 4 rings (SSSR count). The van der Waals surface area contributed by atoms with E-state index in [1.807, 2.05) is 29.2 Å². The molecule has 1 saturated heterocycles. The van der Waals surface area contributed by atoms with E-state index in [1.165, 1.54) is 12.8 Å². The summed E-state index contributed by atoms with van der Waals surface area (Å²) in [5, 5.41) is 7.32. The van der Waals surface area contributed by atoms with Crippen LogP contribution in [0.5, 0.6) is 5.75 Å². The molecule has 27 heavy (non-hydrogen) atoms. The Balaban J connectivity index is 1.40. The summed E-state index contributed by atoms with van der Waals surface area (Å²) < 4.78 is 10.7. The molecule has 1 aliphatic carbocycles. The number of rotatable bonds is 5. The molecule has 2 fully saturated rings. The van der Waals surface area contributed by atoms with E-state index >= 15 is 0 Å². The van der Waals surface area contributed by atoms with Crippen LogP contribution in [0.3, 0.4) is 0 Å². The molecule has 0 radical (unpaired) electrons. The van der Waals surface area contributed by atoms with Crippen LogP contribution in [0.2, 0.25) is 0 Å². The van der Waals surface area contributed by atoms with Gasteiger partial charge in [0.1, 0.15) is 5.75 Å². The zero-order chi connectivity index (χ0) is 18.6. The number of ether oxygens (including phenoxy) is 1. The fraction of sp³-hybridized carbons (Fsp3) is 0.550. The molecule has 2 heterocycles. The van der Waals surface area contributed by atoms with Crippen LogP contribution in [0.4, 0.5) is 6.01 Å². The molecule has 2 aliphatic rings. The smallest absolute Gasteiger partial charge is 0.324 e. The number of aromatic nitrogens is 2. The lowest BCUT2D eigenvalue weighted by Crippen LogP contribution is -2.45. The average Bonchev–Trinajstić information content (AvgIpc) is 3.40. The van der Waals surface area contributed by atoms with E-state index in [-0.39, 0.29) is 11.8 Å². The lowest BCUT2D eigenvalue weighted by Gasteiger charge is -2.31. The molecule has 144 valence electrons. The zero-order valence-corrected chi connectivity index (χ0v) is 15.7. The molecule has 1 atom stereocenters. The Hall–Kier alpha value is -2.57. The summed E-state index contributed by atoms with van der Waals surface area (Å²) in [6, 6.07) is 8.39. The minimum Gasteiger partial charge on any atom is -0.497 e. The van der Waals surface area contributed by atoms with Gasteiger partial charge in [0, 0.05) is 24.7 Å². The van der Waals surface area contributed by atoms with Crippen molar-refractivity contribution in [1.82, 2.24) is 15.5 Å². The number of hydrogen-bond donors (Lipinski definition) is 1. The molecular formula is C20H26N4O3. The molecule has 1 amide bonds. The van der Waals surface area contributed by atoms with Crippen molar-refractivity contribution in [3.63, 3.8) is 0 Å². The van der Waals surface area contributed by atoms with Crippen molar-refractivity contribution in [1.29, 1.82) is 0 Å². The normalized spacial score (nSPS) is 20.6. The lowest BCUT2D eigenvalue weighted by molar-refractivity contribution is -0.125. The maximum Gasteiger partial charge on any atom is 0.324 e. The number of piperidine rings is 1. The molecule has 2 aromatic rings. The molecule has 7 nitrogen and oxygen atoms in total. The quantitative estimate of drug-likeness (QED) is 0.871. The summed E-state index contributed by atoms with van der Waals surface area (Å²) in [6.07, 6.45) is 6.52. The van der Waals surface area contributed by atoms with Gasteiger partial charge in [0.2, 0.25) is 11.7 Å². The Morgan fingerprint density at radius 3 is 2.70 bits per heavy atom. The van der Waals surface area contributed by atoms with Gasteiger partial charge in [-0.3, -0.25) is 4.79 Å². The number of carbonyl (C=O) groups excluding carboxylic acids is 1. The second kappa shape index (κ2) is 7.98. The van der Waals surface area contributed by atoms with Crippen LogP contribution in [0.25, 0.3) is 11.4 Å². The van der Waals surface area contributed by atoms with E-state index in [1.54, 1.807) is 7.11 Å². The van der Waals surface area contributed by atoms with Crippen molar-refractivity contribution in [3.8, 4) is 17.1 Å². The minimum absolute atomic E-state index is 0.0179. The number of methoxy groups -OCH3 is 1. The van der Waals surface area contributed by atoms with Crippen LogP contribution in [-0.2, 0) is 4.79 Å². The van der Waals surface area contributed by atoms with Gasteiger partial charge in [-0.15, -0.1) is 0 Å². The predicted molar refractivity (Wildman–Crippen MR) is 102 cm³/mol. The van der Waals surface area contributed by atoms with E-state index in [0.717, 1.165) is 43.5 Å². The molecule has 1 aromatic carbocycles. The second-order valence-electron chi connectivity index (χ2n) is 7.40. The van der Waals surface area contributed by atoms with Crippen LogP contribution in [0.15, 0.2) is 28.8 Å². The third-order valence-electron chi connectivity index (χ3n) is 5.53. The number of benzene rings is 1. The third kappa shape index (κ3) is 4.07. The Kier molecular flexibility index (Phi) is 5.27. The minimum atomic E-state index is -0.0179. The first-order chi connectivity index (χ1) is 13.2. The molecule has 1 aliphatic heterocycles. The van der Waals surface area contributed by atoms with Gasteiger partial charge in [-0.25, -0.2) is 0 Å². The van der Waals surface area contributed by atoms with Crippen molar-refractivity contribution in [2.45, 2.75) is 44.6 Å². The summed E-state index contributed by atoms with van der Waals surface area (Å²) in [5.74, 6) is 1.48. The average molecular weight is 370 g/mol. The lowest BCUT2D eigenvalue weighted by atomic mass is 9.97. The van der Waals surface area contributed by atoms with Gasteiger partial charge in [-0.2, -0.15) is 4.98 Å². The van der Waals surface area contributed by atoms with E-state index in [9.17, 15) is 4.79 Å². The van der Waals surface area contributed by atoms with Gasteiger partial charge >= 0.3 is 6.01 Å². The summed E-state index contributed by atoms with van der Waals surface area (Å²) in [7, 11) is 1.64. The highest BCUT2D eigenvalue weighted by atomic mass is 16.5. The Bertz CT molecular complexity index is 768. The molecule has 1 aromatic heterocycles. The Morgan fingerprint density at radius 1 is 1.19 bits per heavy atom. The molecule has 0 spiro atoms. The summed E-state index contributed by atoms with van der Waals surface area (Å²) >= 11 is 0. The van der Waals surface area contributed by atoms with Crippen molar-refractivity contribution in [3.05, 3.63) is 24.3 Å². The van der Waals surface area contributed by atoms with Gasteiger partial charge in [-0.05, 0) is 49.9 Å². The maximum atomic E-state index is 12.6. The predicted octanol–water partition coefficient (Wildman–Crippen LogP) is 3.02. The largest absolute Gasteiger partial charge is 0.497 e. The first-order valence-corrected chi connectivity index (χ1v) is 9.76. The second-order valence-corrected chi connectivity index (χ2v) is 7.40. The molecule has 0 bridgehead atoms. The fourth-order valence-electron chi connectivity index (χ4n) is 3.96. The van der Waals surface area contributed by atoms with Gasteiger partial charge in [0.25, 0.3) is 0 Å². The number of nitrogens with one attached hydrogen (secondary N) is 1. The number of hydrogen-bond acceptors (Lipinski definition) is 6. The van der Waals surface area contributed by atoms with Gasteiger partial charge < -0.3 is 19.5 Å². The van der Waals surface area contributed by atoms with Crippen LogP contribution in [-0.4, -0.2) is 42.3 Å². The first kappa shape index (κ1) is 17.8. The van der Waals surface area contributed by atoms with Crippen molar-refractivity contribution in [2.24, 2.45) is 5.92 Å². The monoisotopic (exact) mass is 370 g/mol. The zero-order valence-electron chi connectivity index (χ0n) is 15.7. The van der Waals surface area contributed by atoms with Crippen LogP contribution in [0.1, 0.15) is 38.5 Å². The highest BCUT2D eigenvalue weighted by Gasteiger charge is 2.30. The standard InChI is InChI=1S/C20H26N4O3/c1-26-17-10-8-14(9-11-17)18-22-20(27-23-18)24-12-4-5-15(13-24)19(25)21-16-6-2-3-7-16/h8-11,15-16H,2-7,12-13H2,1H3,(H,21,25). The van der Waals surface area contributed by atoms with Gasteiger partial charge in [-0.1, -0.05) is 18.0 Å². The van der Waals surface area contributed by atoms with Crippen LogP contribution in [0, 0.1) is 5.92 Å². The Morgan fingerprint density at radius 2 is 1.96 bits per heavy atom. The summed E-state index contributed by atoms with van der Waals surface area (Å²) in [5.41, 5.74) is 0.873. The molecule has 1 saturated carbocycles. The fourth-order valence-corrected chi connectivity index (χ4v) is 3.96. The van der Waals surface area contributed by atoms with E-state index in [2.05, 4.69) is 15.5 Å². The number of amides is 1. The van der Waals surface area contributed by atoms with Gasteiger partial charge in [0.15, 0.2) is 0 Å². The maximum absolute atomic E-state index is 12.6. The van der Waals surface area contributed by atoms with Crippen LogP contribution >= 0.6 is 0 Å². The first-order valence-electron chi connectivity index (χ1n) is 9.76. The number of anilines is 1. The molecular weight excluding hydrogens is 344 g/mol. The van der Waals surface area contributed by atoms with E-state index in [4.69, 9.17) is 9.26 Å².